The third-order valence-electron chi connectivity index (χ3n) is 3.93. The Kier molecular flexibility index (Phi) is 5.73. The SMILES string of the molecule is CN(C)CC1CCCN1CC(=O)Nc1ccccc1CN. The summed E-state index contributed by atoms with van der Waals surface area (Å²) in [5.41, 5.74) is 7.50. The fourth-order valence-corrected chi connectivity index (χ4v) is 2.93. The highest BCUT2D eigenvalue weighted by Crippen LogP contribution is 2.18. The Bertz CT molecular complexity index is 475. The highest BCUT2D eigenvalue weighted by atomic mass is 16.2. The number of nitrogens with two attached hydrogens (primary N) is 1. The van der Waals surface area contributed by atoms with E-state index in [1.54, 1.807) is 0 Å². The Morgan fingerprint density at radius 3 is 2.90 bits per heavy atom. The standard InChI is InChI=1S/C16H26N4O/c1-19(2)11-14-7-5-9-20(14)12-16(21)18-15-8-4-3-6-13(15)10-17/h3-4,6,8,14H,5,7,9-12,17H2,1-2H3,(H,18,21). The summed E-state index contributed by atoms with van der Waals surface area (Å²) in [6, 6.07) is 8.18. The molecule has 1 atom stereocenters. The molecule has 0 radical (unpaired) electrons. The third-order valence-corrected chi connectivity index (χ3v) is 3.93. The molecule has 0 aromatic heterocycles. The zero-order chi connectivity index (χ0) is 15.2. The van der Waals surface area contributed by atoms with Gasteiger partial charge in [-0.2, -0.15) is 0 Å². The van der Waals surface area contributed by atoms with Gasteiger partial charge in [0, 0.05) is 24.8 Å². The number of benzene rings is 1. The molecule has 1 aromatic carbocycles. The molecule has 1 aliphatic rings. The van der Waals surface area contributed by atoms with Gasteiger partial charge in [-0.05, 0) is 45.1 Å². The highest BCUT2D eigenvalue weighted by molar-refractivity contribution is 5.93. The van der Waals surface area contributed by atoms with Gasteiger partial charge in [-0.15, -0.1) is 0 Å². The number of anilines is 1. The van der Waals surface area contributed by atoms with Crippen molar-refractivity contribution in [1.82, 2.24) is 9.80 Å². The van der Waals surface area contributed by atoms with E-state index < -0.39 is 0 Å². The van der Waals surface area contributed by atoms with Gasteiger partial charge in [0.2, 0.25) is 5.91 Å². The molecule has 0 aliphatic carbocycles. The van der Waals surface area contributed by atoms with E-state index >= 15 is 0 Å². The lowest BCUT2D eigenvalue weighted by Crippen LogP contribution is -2.41. The number of likely N-dealkylation sites (N-methyl/N-ethyl adjacent to an activating group) is 1. The van der Waals surface area contributed by atoms with Gasteiger partial charge in [0.25, 0.3) is 0 Å². The summed E-state index contributed by atoms with van der Waals surface area (Å²) < 4.78 is 0. The van der Waals surface area contributed by atoms with Gasteiger partial charge in [0.1, 0.15) is 0 Å². The number of para-hydroxylation sites is 1. The lowest BCUT2D eigenvalue weighted by atomic mass is 10.2. The van der Waals surface area contributed by atoms with Gasteiger partial charge in [-0.1, -0.05) is 18.2 Å². The second kappa shape index (κ2) is 7.54. The average Bonchev–Trinajstić information content (AvgIpc) is 2.85. The van der Waals surface area contributed by atoms with Crippen LogP contribution in [0, 0.1) is 0 Å². The number of carbonyl (C=O) groups is 1. The molecular weight excluding hydrogens is 264 g/mol. The minimum absolute atomic E-state index is 0.0431. The summed E-state index contributed by atoms with van der Waals surface area (Å²) in [6.07, 6.45) is 2.34. The van der Waals surface area contributed by atoms with Crippen LogP contribution in [-0.2, 0) is 11.3 Å². The average molecular weight is 290 g/mol. The smallest absolute Gasteiger partial charge is 0.238 e. The van der Waals surface area contributed by atoms with Crippen LogP contribution in [0.25, 0.3) is 0 Å². The molecule has 0 bridgehead atoms. The van der Waals surface area contributed by atoms with E-state index in [1.807, 2.05) is 24.3 Å². The molecule has 2 rings (SSSR count). The summed E-state index contributed by atoms with van der Waals surface area (Å²) >= 11 is 0. The maximum absolute atomic E-state index is 12.3. The fourth-order valence-electron chi connectivity index (χ4n) is 2.93. The van der Waals surface area contributed by atoms with Gasteiger partial charge >= 0.3 is 0 Å². The van der Waals surface area contributed by atoms with E-state index in [0.717, 1.165) is 24.3 Å². The van der Waals surface area contributed by atoms with Crippen LogP contribution in [0.5, 0.6) is 0 Å². The Hall–Kier alpha value is -1.43. The number of amides is 1. The van der Waals surface area contributed by atoms with Crippen molar-refractivity contribution in [2.24, 2.45) is 5.73 Å². The summed E-state index contributed by atoms with van der Waals surface area (Å²) in [5, 5.41) is 2.99. The van der Waals surface area contributed by atoms with E-state index in [-0.39, 0.29) is 5.91 Å². The number of nitrogens with zero attached hydrogens (tertiary/aromatic N) is 2. The normalized spacial score (nSPS) is 19.1. The monoisotopic (exact) mass is 290 g/mol. The minimum Gasteiger partial charge on any atom is -0.326 e. The molecule has 116 valence electrons. The van der Waals surface area contributed by atoms with Crippen LogP contribution in [0.15, 0.2) is 24.3 Å². The first kappa shape index (κ1) is 15.9. The van der Waals surface area contributed by atoms with Crippen LogP contribution in [0.4, 0.5) is 5.69 Å². The van der Waals surface area contributed by atoms with Crippen molar-refractivity contribution in [3.05, 3.63) is 29.8 Å². The molecule has 1 fully saturated rings. The molecule has 0 spiro atoms. The summed E-state index contributed by atoms with van der Waals surface area (Å²) in [7, 11) is 4.15. The van der Waals surface area contributed by atoms with Crippen molar-refractivity contribution in [3.8, 4) is 0 Å². The van der Waals surface area contributed by atoms with Crippen molar-refractivity contribution in [3.63, 3.8) is 0 Å². The molecule has 1 amide bonds. The molecule has 5 nitrogen and oxygen atoms in total. The second-order valence-electron chi connectivity index (χ2n) is 5.94. The van der Waals surface area contributed by atoms with Crippen LogP contribution in [0.1, 0.15) is 18.4 Å². The van der Waals surface area contributed by atoms with Crippen LogP contribution >= 0.6 is 0 Å². The number of rotatable bonds is 6. The third kappa shape index (κ3) is 4.52. The topological polar surface area (TPSA) is 61.6 Å². The summed E-state index contributed by atoms with van der Waals surface area (Å²) in [6.45, 7) is 2.90. The first-order valence-electron chi connectivity index (χ1n) is 7.56. The lowest BCUT2D eigenvalue weighted by Gasteiger charge is -2.26. The van der Waals surface area contributed by atoms with Crippen LogP contribution in [0.3, 0.4) is 0 Å². The van der Waals surface area contributed by atoms with Gasteiger partial charge in [-0.3, -0.25) is 9.69 Å². The van der Waals surface area contributed by atoms with Gasteiger partial charge < -0.3 is 16.0 Å². The maximum Gasteiger partial charge on any atom is 0.238 e. The predicted molar refractivity (Wildman–Crippen MR) is 86.1 cm³/mol. The van der Waals surface area contributed by atoms with Crippen molar-refractivity contribution < 1.29 is 4.79 Å². The predicted octanol–water partition coefficient (Wildman–Crippen LogP) is 1.11. The molecular formula is C16H26N4O. The fraction of sp³-hybridized carbons (Fsp3) is 0.562. The zero-order valence-corrected chi connectivity index (χ0v) is 13.0. The van der Waals surface area contributed by atoms with Crippen molar-refractivity contribution >= 4 is 11.6 Å². The van der Waals surface area contributed by atoms with E-state index in [9.17, 15) is 4.79 Å². The van der Waals surface area contributed by atoms with E-state index in [0.29, 0.717) is 19.1 Å². The lowest BCUT2D eigenvalue weighted by molar-refractivity contribution is -0.117. The number of carbonyl (C=O) groups excluding carboxylic acids is 1. The number of hydrogen-bond acceptors (Lipinski definition) is 4. The Balaban J connectivity index is 1.92. The molecule has 21 heavy (non-hydrogen) atoms. The molecule has 5 heteroatoms. The van der Waals surface area contributed by atoms with Gasteiger partial charge in [0.15, 0.2) is 0 Å². The Morgan fingerprint density at radius 1 is 1.43 bits per heavy atom. The molecule has 3 N–H and O–H groups in total. The molecule has 1 aliphatic heterocycles. The first-order chi connectivity index (χ1) is 10.1. The first-order valence-corrected chi connectivity index (χ1v) is 7.56. The summed E-state index contributed by atoms with van der Waals surface area (Å²) in [5.74, 6) is 0.0431. The van der Waals surface area contributed by atoms with Gasteiger partial charge in [0.05, 0.1) is 6.54 Å². The van der Waals surface area contributed by atoms with Crippen molar-refractivity contribution in [1.29, 1.82) is 0 Å². The number of nitrogens with one attached hydrogen (secondary N) is 1. The largest absolute Gasteiger partial charge is 0.326 e. The van der Waals surface area contributed by atoms with Gasteiger partial charge in [-0.25, -0.2) is 0 Å². The van der Waals surface area contributed by atoms with Crippen molar-refractivity contribution in [2.75, 3.05) is 39.0 Å². The minimum atomic E-state index is 0.0431. The Labute approximate surface area is 127 Å². The Morgan fingerprint density at radius 2 is 2.19 bits per heavy atom. The number of likely N-dealkylation sites (tertiary alicyclic amines) is 1. The van der Waals surface area contributed by atoms with E-state index in [2.05, 4.69) is 29.2 Å². The highest BCUT2D eigenvalue weighted by Gasteiger charge is 2.26. The molecule has 0 saturated carbocycles. The molecule has 1 aromatic rings. The summed E-state index contributed by atoms with van der Waals surface area (Å²) in [4.78, 5) is 16.7. The molecule has 1 unspecified atom stereocenters. The molecule has 1 saturated heterocycles. The van der Waals surface area contributed by atoms with Crippen LogP contribution < -0.4 is 11.1 Å². The quantitative estimate of drug-likeness (QED) is 0.824. The second-order valence-corrected chi connectivity index (χ2v) is 5.94. The maximum atomic E-state index is 12.3. The van der Waals surface area contributed by atoms with E-state index in [1.165, 1.54) is 12.8 Å². The van der Waals surface area contributed by atoms with E-state index in [4.69, 9.17) is 5.73 Å². The zero-order valence-electron chi connectivity index (χ0n) is 13.0. The number of hydrogen-bond donors (Lipinski definition) is 2. The van der Waals surface area contributed by atoms with Crippen molar-refractivity contribution in [2.45, 2.75) is 25.4 Å². The van der Waals surface area contributed by atoms with Crippen LogP contribution in [-0.4, -0.2) is 55.5 Å². The van der Waals surface area contributed by atoms with Crippen LogP contribution in [0.2, 0.25) is 0 Å². The molecule has 1 heterocycles.